The number of amides is 1. The van der Waals surface area contributed by atoms with Crippen LogP contribution in [0.5, 0.6) is 0 Å². The van der Waals surface area contributed by atoms with Crippen LogP contribution in [0, 0.1) is 0 Å². The third kappa shape index (κ3) is 4.14. The predicted molar refractivity (Wildman–Crippen MR) is 67.8 cm³/mol. The van der Waals surface area contributed by atoms with Crippen LogP contribution in [0.1, 0.15) is 20.8 Å². The van der Waals surface area contributed by atoms with Crippen molar-refractivity contribution in [3.63, 3.8) is 0 Å². The first kappa shape index (κ1) is 13.5. The Balaban J connectivity index is 2.42. The molecular weight excluding hydrogens is 248 g/mol. The lowest BCUT2D eigenvalue weighted by Gasteiger charge is -2.35. The van der Waals surface area contributed by atoms with Gasteiger partial charge in [-0.3, -0.25) is 0 Å². The van der Waals surface area contributed by atoms with Crippen molar-refractivity contribution >= 4 is 34.4 Å². The molecule has 1 aliphatic rings. The van der Waals surface area contributed by atoms with Gasteiger partial charge in [0, 0.05) is 26.2 Å². The van der Waals surface area contributed by atoms with Crippen molar-refractivity contribution in [2.24, 2.45) is 0 Å². The van der Waals surface area contributed by atoms with Crippen molar-refractivity contribution in [1.29, 1.82) is 0 Å². The number of piperazine rings is 1. The average molecular weight is 265 g/mol. The Labute approximate surface area is 106 Å². The Bertz CT molecular complexity index is 283. The molecule has 0 aromatic heterocycles. The largest absolute Gasteiger partial charge is 0.444 e. The van der Waals surface area contributed by atoms with Crippen LogP contribution >= 0.6 is 23.8 Å². The molecule has 0 atom stereocenters. The van der Waals surface area contributed by atoms with Crippen LogP contribution in [-0.2, 0) is 4.74 Å². The smallest absolute Gasteiger partial charge is 0.410 e. The third-order valence-corrected chi connectivity index (χ3v) is 2.68. The van der Waals surface area contributed by atoms with Crippen LogP contribution in [-0.4, -0.2) is 52.1 Å². The van der Waals surface area contributed by atoms with Crippen LogP contribution < -0.4 is 0 Å². The number of carbonyl (C=O) groups is 1. The molecule has 0 bridgehead atoms. The van der Waals surface area contributed by atoms with E-state index >= 15 is 0 Å². The summed E-state index contributed by atoms with van der Waals surface area (Å²) in [6, 6.07) is 0. The molecule has 1 aliphatic heterocycles. The van der Waals surface area contributed by atoms with Crippen LogP contribution in [0.15, 0.2) is 0 Å². The maximum Gasteiger partial charge on any atom is 0.410 e. The van der Waals surface area contributed by atoms with E-state index in [0.717, 1.165) is 0 Å². The van der Waals surface area contributed by atoms with Gasteiger partial charge in [0.1, 0.15) is 5.60 Å². The van der Waals surface area contributed by atoms with Crippen LogP contribution in [0.4, 0.5) is 4.79 Å². The first-order chi connectivity index (χ1) is 7.29. The number of carbonyl (C=O) groups excluding carboxylic acids is 1. The second-order valence-electron chi connectivity index (χ2n) is 4.71. The lowest BCUT2D eigenvalue weighted by molar-refractivity contribution is 0.0189. The minimum absolute atomic E-state index is 0.271. The molecule has 0 aromatic rings. The quantitative estimate of drug-likeness (QED) is 0.381. The number of nitrogens with zero attached hydrogens (tertiary/aromatic N) is 2. The average Bonchev–Trinajstić information content (AvgIpc) is 2.15. The van der Waals surface area contributed by atoms with E-state index in [1.54, 1.807) is 4.90 Å². The SMILES string of the molecule is CC(C)(C)OC(=O)N1CCN(C(=S)Cl)CC1. The lowest BCUT2D eigenvalue weighted by Crippen LogP contribution is -2.50. The molecule has 0 spiro atoms. The van der Waals surface area contributed by atoms with Crippen molar-refractivity contribution in [3.8, 4) is 0 Å². The van der Waals surface area contributed by atoms with E-state index in [0.29, 0.717) is 30.6 Å². The minimum Gasteiger partial charge on any atom is -0.444 e. The summed E-state index contributed by atoms with van der Waals surface area (Å²) < 4.78 is 5.64. The maximum atomic E-state index is 11.7. The molecule has 4 nitrogen and oxygen atoms in total. The molecular formula is C10H17ClN2O2S. The van der Waals surface area contributed by atoms with E-state index in [9.17, 15) is 4.79 Å². The zero-order valence-corrected chi connectivity index (χ0v) is 11.4. The molecule has 0 N–H and O–H groups in total. The number of halogens is 1. The molecule has 0 radical (unpaired) electrons. The number of hydrogen-bond donors (Lipinski definition) is 0. The number of rotatable bonds is 0. The zero-order chi connectivity index (χ0) is 12.3. The van der Waals surface area contributed by atoms with E-state index < -0.39 is 5.60 Å². The third-order valence-electron chi connectivity index (χ3n) is 2.18. The first-order valence-electron chi connectivity index (χ1n) is 5.22. The molecule has 1 saturated heterocycles. The highest BCUT2D eigenvalue weighted by atomic mass is 35.5. The molecule has 1 amide bonds. The van der Waals surface area contributed by atoms with Gasteiger partial charge in [-0.2, -0.15) is 0 Å². The standard InChI is InChI=1S/C10H17ClN2O2S/c1-10(2,3)15-9(14)13-6-4-12(5-7-13)8(11)16/h4-7H2,1-3H3. The highest BCUT2D eigenvalue weighted by molar-refractivity contribution is 7.83. The molecule has 1 rings (SSSR count). The van der Waals surface area contributed by atoms with Crippen molar-refractivity contribution in [2.45, 2.75) is 26.4 Å². The number of thiocarbonyl (C=S) groups is 1. The van der Waals surface area contributed by atoms with Gasteiger partial charge in [-0.1, -0.05) is 11.6 Å². The van der Waals surface area contributed by atoms with Gasteiger partial charge in [-0.15, -0.1) is 0 Å². The minimum atomic E-state index is -0.448. The monoisotopic (exact) mass is 264 g/mol. The highest BCUT2D eigenvalue weighted by Gasteiger charge is 2.26. The normalized spacial score (nSPS) is 17.2. The summed E-state index contributed by atoms with van der Waals surface area (Å²) in [6.45, 7) is 8.10. The van der Waals surface area contributed by atoms with Gasteiger partial charge >= 0.3 is 6.09 Å². The second-order valence-corrected chi connectivity index (χ2v) is 5.68. The van der Waals surface area contributed by atoms with Gasteiger partial charge in [0.25, 0.3) is 0 Å². The fourth-order valence-electron chi connectivity index (χ4n) is 1.39. The molecule has 0 saturated carbocycles. The fourth-order valence-corrected chi connectivity index (χ4v) is 1.74. The summed E-state index contributed by atoms with van der Waals surface area (Å²) in [6.07, 6.45) is -0.271. The Morgan fingerprint density at radius 3 is 2.00 bits per heavy atom. The molecule has 0 aromatic carbocycles. The van der Waals surface area contributed by atoms with E-state index in [1.165, 1.54) is 0 Å². The Kier molecular flexibility index (Phi) is 4.38. The summed E-state index contributed by atoms with van der Waals surface area (Å²) in [7, 11) is 0. The summed E-state index contributed by atoms with van der Waals surface area (Å²) in [5.74, 6) is 0. The zero-order valence-electron chi connectivity index (χ0n) is 9.83. The van der Waals surface area contributed by atoms with Crippen molar-refractivity contribution in [3.05, 3.63) is 0 Å². The molecule has 92 valence electrons. The van der Waals surface area contributed by atoms with Gasteiger partial charge in [0.15, 0.2) is 4.45 Å². The highest BCUT2D eigenvalue weighted by Crippen LogP contribution is 2.12. The maximum absolute atomic E-state index is 11.7. The summed E-state index contributed by atoms with van der Waals surface area (Å²) in [4.78, 5) is 15.3. The Hall–Kier alpha value is -0.550. The Morgan fingerprint density at radius 1 is 1.19 bits per heavy atom. The summed E-state index contributed by atoms with van der Waals surface area (Å²) >= 11 is 10.6. The van der Waals surface area contributed by atoms with E-state index in [1.807, 2.05) is 25.7 Å². The summed E-state index contributed by atoms with van der Waals surface area (Å²) in [5, 5.41) is 0. The van der Waals surface area contributed by atoms with E-state index in [2.05, 4.69) is 0 Å². The number of hydrogen-bond acceptors (Lipinski definition) is 3. The van der Waals surface area contributed by atoms with Crippen LogP contribution in [0.2, 0.25) is 0 Å². The van der Waals surface area contributed by atoms with Gasteiger partial charge in [-0.25, -0.2) is 4.79 Å². The molecule has 6 heteroatoms. The molecule has 16 heavy (non-hydrogen) atoms. The lowest BCUT2D eigenvalue weighted by atomic mass is 10.2. The molecule has 1 fully saturated rings. The topological polar surface area (TPSA) is 32.8 Å². The summed E-state index contributed by atoms with van der Waals surface area (Å²) in [5.41, 5.74) is -0.448. The van der Waals surface area contributed by atoms with Gasteiger partial charge in [0.05, 0.1) is 0 Å². The predicted octanol–water partition coefficient (Wildman–Crippen LogP) is 2.06. The number of ether oxygens (including phenoxy) is 1. The van der Waals surface area contributed by atoms with Crippen LogP contribution in [0.25, 0.3) is 0 Å². The van der Waals surface area contributed by atoms with Gasteiger partial charge in [-0.05, 0) is 33.0 Å². The second kappa shape index (κ2) is 5.19. The van der Waals surface area contributed by atoms with E-state index in [-0.39, 0.29) is 6.09 Å². The van der Waals surface area contributed by atoms with Crippen molar-refractivity contribution in [2.75, 3.05) is 26.2 Å². The first-order valence-corrected chi connectivity index (χ1v) is 6.00. The molecule has 1 heterocycles. The fraction of sp³-hybridized carbons (Fsp3) is 0.800. The molecule has 0 aliphatic carbocycles. The van der Waals surface area contributed by atoms with Crippen molar-refractivity contribution in [1.82, 2.24) is 9.80 Å². The molecule has 0 unspecified atom stereocenters. The van der Waals surface area contributed by atoms with E-state index in [4.69, 9.17) is 28.6 Å². The van der Waals surface area contributed by atoms with Gasteiger partial charge in [0.2, 0.25) is 0 Å². The van der Waals surface area contributed by atoms with Crippen molar-refractivity contribution < 1.29 is 9.53 Å². The van der Waals surface area contributed by atoms with Crippen LogP contribution in [0.3, 0.4) is 0 Å². The Morgan fingerprint density at radius 2 is 1.62 bits per heavy atom. The van der Waals surface area contributed by atoms with Gasteiger partial charge < -0.3 is 14.5 Å².